The van der Waals surface area contributed by atoms with Crippen molar-refractivity contribution in [2.45, 2.75) is 33.3 Å². The van der Waals surface area contributed by atoms with Crippen molar-refractivity contribution in [3.63, 3.8) is 0 Å². The summed E-state index contributed by atoms with van der Waals surface area (Å²) in [6.45, 7) is 9.46. The van der Waals surface area contributed by atoms with Crippen LogP contribution in [0.1, 0.15) is 27.2 Å². The lowest BCUT2D eigenvalue weighted by Gasteiger charge is -2.10. The van der Waals surface area contributed by atoms with Crippen LogP contribution in [0.5, 0.6) is 0 Å². The van der Waals surface area contributed by atoms with E-state index in [2.05, 4.69) is 6.58 Å². The topological polar surface area (TPSA) is 19.9 Å². The van der Waals surface area contributed by atoms with Crippen molar-refractivity contribution in [2.75, 3.05) is 0 Å². The van der Waals surface area contributed by atoms with Crippen LogP contribution < -0.4 is 0 Å². The van der Waals surface area contributed by atoms with Gasteiger partial charge in [-0.05, 0) is 19.3 Å². The highest BCUT2D eigenvalue weighted by atomic mass is 16.3. The third-order valence-corrected chi connectivity index (χ3v) is 1.29. The third kappa shape index (κ3) is 4.22. The summed E-state index contributed by atoms with van der Waals surface area (Å²) in [4.78, 5) is 0. The molecule has 0 fully saturated rings. The molecule has 9 heavy (non-hydrogen) atoms. The largest absolute Gasteiger partial charge is 0.232 e. The Morgan fingerprint density at radius 1 is 1.56 bits per heavy atom. The van der Waals surface area contributed by atoms with Gasteiger partial charge in [-0.1, -0.05) is 19.4 Å². The van der Waals surface area contributed by atoms with E-state index in [1.807, 2.05) is 20.8 Å². The van der Waals surface area contributed by atoms with E-state index in [0.29, 0.717) is 6.42 Å². The van der Waals surface area contributed by atoms with Crippen molar-refractivity contribution in [2.24, 2.45) is 5.92 Å². The van der Waals surface area contributed by atoms with Gasteiger partial charge in [0.05, 0.1) is 6.10 Å². The zero-order chi connectivity index (χ0) is 7.44. The van der Waals surface area contributed by atoms with Crippen LogP contribution in [0.4, 0.5) is 0 Å². The van der Waals surface area contributed by atoms with Crippen LogP contribution in [-0.4, -0.2) is 6.10 Å². The average molecular weight is 127 g/mol. The molecule has 0 spiro atoms. The molecule has 0 aliphatic carbocycles. The molecule has 0 aromatic heterocycles. The molecule has 0 aromatic rings. The summed E-state index contributed by atoms with van der Waals surface area (Å²) in [6, 6.07) is 0. The summed E-state index contributed by atoms with van der Waals surface area (Å²) in [5.41, 5.74) is 0.990. The van der Waals surface area contributed by atoms with Gasteiger partial charge in [-0.25, -0.2) is 5.11 Å². The molecule has 0 heterocycles. The van der Waals surface area contributed by atoms with Gasteiger partial charge in [-0.2, -0.15) is 0 Å². The second kappa shape index (κ2) is 3.67. The number of rotatable bonds is 3. The van der Waals surface area contributed by atoms with Crippen molar-refractivity contribution < 1.29 is 5.11 Å². The monoisotopic (exact) mass is 127 g/mol. The van der Waals surface area contributed by atoms with E-state index in [1.54, 1.807) is 0 Å². The maximum Gasteiger partial charge on any atom is 0.0989 e. The zero-order valence-corrected chi connectivity index (χ0v) is 6.48. The van der Waals surface area contributed by atoms with E-state index in [4.69, 9.17) is 0 Å². The smallest absolute Gasteiger partial charge is 0.0989 e. The first-order chi connectivity index (χ1) is 4.04. The molecule has 0 aliphatic rings. The maximum atomic E-state index is 11.0. The number of hydrogen-bond donors (Lipinski definition) is 0. The molecule has 1 nitrogen and oxygen atoms in total. The minimum absolute atomic E-state index is 0.238. The van der Waals surface area contributed by atoms with Crippen molar-refractivity contribution in [1.29, 1.82) is 0 Å². The summed E-state index contributed by atoms with van der Waals surface area (Å²) >= 11 is 0. The molecule has 0 saturated carbocycles. The molecule has 1 atom stereocenters. The van der Waals surface area contributed by atoms with Crippen LogP contribution in [0, 0.1) is 5.92 Å². The normalized spacial score (nSPS) is 13.9. The van der Waals surface area contributed by atoms with Crippen LogP contribution in [-0.2, 0) is 5.11 Å². The Bertz CT molecular complexity index is 94.7. The van der Waals surface area contributed by atoms with Gasteiger partial charge in [0, 0.05) is 0 Å². The summed E-state index contributed by atoms with van der Waals surface area (Å²) < 4.78 is 0. The average Bonchev–Trinajstić information content (AvgIpc) is 1.63. The summed E-state index contributed by atoms with van der Waals surface area (Å²) in [5.74, 6) is 0.238. The molecule has 0 saturated heterocycles. The van der Waals surface area contributed by atoms with Gasteiger partial charge in [0.25, 0.3) is 0 Å². The van der Waals surface area contributed by atoms with Crippen molar-refractivity contribution in [3.05, 3.63) is 12.2 Å². The predicted molar refractivity (Wildman–Crippen MR) is 38.7 cm³/mol. The summed E-state index contributed by atoms with van der Waals surface area (Å²) in [7, 11) is 0. The molecule has 1 unspecified atom stereocenters. The molecule has 53 valence electrons. The fourth-order valence-corrected chi connectivity index (χ4v) is 0.579. The van der Waals surface area contributed by atoms with Gasteiger partial charge >= 0.3 is 0 Å². The first kappa shape index (κ1) is 8.70. The Morgan fingerprint density at radius 2 is 2.00 bits per heavy atom. The fraction of sp³-hybridized carbons (Fsp3) is 0.750. The minimum Gasteiger partial charge on any atom is -0.232 e. The Balaban J connectivity index is 3.50. The second-order valence-corrected chi connectivity index (χ2v) is 2.94. The molecule has 0 amide bonds. The van der Waals surface area contributed by atoms with Gasteiger partial charge in [0.15, 0.2) is 0 Å². The molecule has 0 aromatic carbocycles. The number of hydrogen-bond acceptors (Lipinski definition) is 0. The lowest BCUT2D eigenvalue weighted by molar-refractivity contribution is 0.0503. The van der Waals surface area contributed by atoms with Crippen molar-refractivity contribution >= 4 is 0 Å². The second-order valence-electron chi connectivity index (χ2n) is 2.94. The third-order valence-electron chi connectivity index (χ3n) is 1.29. The zero-order valence-electron chi connectivity index (χ0n) is 6.48. The van der Waals surface area contributed by atoms with E-state index in [0.717, 1.165) is 5.57 Å². The Hall–Kier alpha value is -0.300. The minimum atomic E-state index is -0.456. The van der Waals surface area contributed by atoms with Crippen LogP contribution in [0.25, 0.3) is 0 Å². The predicted octanol–water partition coefficient (Wildman–Crippen LogP) is 2.41. The lowest BCUT2D eigenvalue weighted by Crippen LogP contribution is -2.12. The highest BCUT2D eigenvalue weighted by Crippen LogP contribution is 2.10. The van der Waals surface area contributed by atoms with Crippen LogP contribution in [0.15, 0.2) is 12.2 Å². The Kier molecular flexibility index (Phi) is 3.55. The van der Waals surface area contributed by atoms with Crippen molar-refractivity contribution in [1.82, 2.24) is 0 Å². The summed E-state index contributed by atoms with van der Waals surface area (Å²) in [6.07, 6.45) is 0.167. The molecule has 0 N–H and O–H groups in total. The van der Waals surface area contributed by atoms with E-state index in [9.17, 15) is 5.11 Å². The molecule has 1 radical (unpaired) electrons. The molecule has 0 aliphatic heterocycles. The molecular weight excluding hydrogens is 112 g/mol. The first-order valence-corrected chi connectivity index (χ1v) is 3.34. The molecule has 0 bridgehead atoms. The van der Waals surface area contributed by atoms with E-state index < -0.39 is 6.10 Å². The van der Waals surface area contributed by atoms with E-state index in [-0.39, 0.29) is 5.92 Å². The SMILES string of the molecule is C=C(C)CC([O])C(C)C. The lowest BCUT2D eigenvalue weighted by atomic mass is 10.0. The highest BCUT2D eigenvalue weighted by molar-refractivity contribution is 4.90. The quantitative estimate of drug-likeness (QED) is 0.519. The van der Waals surface area contributed by atoms with Gasteiger partial charge < -0.3 is 0 Å². The molecule has 0 rings (SSSR count). The van der Waals surface area contributed by atoms with Crippen LogP contribution >= 0.6 is 0 Å². The summed E-state index contributed by atoms with van der Waals surface area (Å²) in [5, 5.41) is 11.0. The standard InChI is InChI=1S/C8H15O/c1-6(2)5-8(9)7(3)4/h7-8H,1,5H2,2-4H3. The van der Waals surface area contributed by atoms with Crippen LogP contribution in [0.2, 0.25) is 0 Å². The molecular formula is C8H15O. The van der Waals surface area contributed by atoms with Crippen LogP contribution in [0.3, 0.4) is 0 Å². The van der Waals surface area contributed by atoms with Gasteiger partial charge in [-0.3, -0.25) is 0 Å². The van der Waals surface area contributed by atoms with Gasteiger partial charge in [-0.15, -0.1) is 6.58 Å². The van der Waals surface area contributed by atoms with Gasteiger partial charge in [0.2, 0.25) is 0 Å². The Labute approximate surface area is 57.4 Å². The van der Waals surface area contributed by atoms with E-state index >= 15 is 0 Å². The Morgan fingerprint density at radius 3 is 2.11 bits per heavy atom. The van der Waals surface area contributed by atoms with E-state index in [1.165, 1.54) is 0 Å². The van der Waals surface area contributed by atoms with Gasteiger partial charge in [0.1, 0.15) is 0 Å². The molecule has 1 heteroatoms. The fourth-order valence-electron chi connectivity index (χ4n) is 0.579. The van der Waals surface area contributed by atoms with Crippen molar-refractivity contribution in [3.8, 4) is 0 Å². The first-order valence-electron chi connectivity index (χ1n) is 3.34. The highest BCUT2D eigenvalue weighted by Gasteiger charge is 2.09. The maximum absolute atomic E-state index is 11.0.